The van der Waals surface area contributed by atoms with Crippen molar-refractivity contribution in [3.05, 3.63) is 12.2 Å². The summed E-state index contributed by atoms with van der Waals surface area (Å²) in [4.78, 5) is 13.0. The highest BCUT2D eigenvalue weighted by molar-refractivity contribution is 5.91. The first-order valence-electron chi connectivity index (χ1n) is 3.77. The Kier molecular flexibility index (Phi) is 1.16. The summed E-state index contributed by atoms with van der Waals surface area (Å²) in [7, 11) is 0. The van der Waals surface area contributed by atoms with Gasteiger partial charge < -0.3 is 9.64 Å². The molecule has 3 nitrogen and oxygen atoms in total. The van der Waals surface area contributed by atoms with Crippen LogP contribution in [0.25, 0.3) is 0 Å². The third kappa shape index (κ3) is 0.807. The molecule has 0 aromatic carbocycles. The van der Waals surface area contributed by atoms with Gasteiger partial charge in [0.25, 0.3) is 0 Å². The second-order valence-corrected chi connectivity index (χ2v) is 3.39. The molecule has 0 unspecified atom stereocenters. The van der Waals surface area contributed by atoms with Gasteiger partial charge in [-0.3, -0.25) is 4.79 Å². The van der Waals surface area contributed by atoms with Crippen LogP contribution in [0.2, 0.25) is 0 Å². The van der Waals surface area contributed by atoms with Crippen molar-refractivity contribution in [2.45, 2.75) is 25.6 Å². The van der Waals surface area contributed by atoms with Crippen LogP contribution in [0.1, 0.15) is 13.8 Å². The highest BCUT2D eigenvalue weighted by Crippen LogP contribution is 2.30. The first kappa shape index (κ1) is 6.85. The Labute approximate surface area is 65.6 Å². The van der Waals surface area contributed by atoms with E-state index in [2.05, 4.69) is 0 Å². The van der Waals surface area contributed by atoms with E-state index in [1.54, 1.807) is 11.0 Å². The number of nitrogens with zero attached hydrogens (tertiary/aromatic N) is 1. The zero-order valence-electron chi connectivity index (χ0n) is 6.70. The maximum absolute atomic E-state index is 11.2. The van der Waals surface area contributed by atoms with Gasteiger partial charge >= 0.3 is 0 Å². The number of carbonyl (C=O) groups excluding carboxylic acids is 1. The molecule has 60 valence electrons. The molecule has 1 amide bonds. The standard InChI is InChI=1S/C8H11NO2/c1-8(2)9-6(5-11-8)3-4-7(9)10/h3-4,6H,5H2,1-2H3/t6-/m1/s1. The molecule has 0 radical (unpaired) electrons. The van der Waals surface area contributed by atoms with Crippen LogP contribution in [-0.2, 0) is 9.53 Å². The molecule has 11 heavy (non-hydrogen) atoms. The molecule has 2 aliphatic heterocycles. The van der Waals surface area contributed by atoms with Crippen LogP contribution in [0.3, 0.4) is 0 Å². The van der Waals surface area contributed by atoms with Crippen molar-refractivity contribution in [3.8, 4) is 0 Å². The normalized spacial score (nSPS) is 33.1. The van der Waals surface area contributed by atoms with E-state index >= 15 is 0 Å². The minimum Gasteiger partial charge on any atom is -0.354 e. The lowest BCUT2D eigenvalue weighted by Crippen LogP contribution is -2.43. The predicted molar refractivity (Wildman–Crippen MR) is 39.8 cm³/mol. The van der Waals surface area contributed by atoms with Gasteiger partial charge in [-0.15, -0.1) is 0 Å². The molecular weight excluding hydrogens is 142 g/mol. The fourth-order valence-corrected chi connectivity index (χ4v) is 1.68. The van der Waals surface area contributed by atoms with E-state index in [-0.39, 0.29) is 11.9 Å². The van der Waals surface area contributed by atoms with Crippen LogP contribution in [0.4, 0.5) is 0 Å². The molecule has 0 aromatic rings. The van der Waals surface area contributed by atoms with E-state index in [1.165, 1.54) is 0 Å². The lowest BCUT2D eigenvalue weighted by Gasteiger charge is -2.28. The van der Waals surface area contributed by atoms with Gasteiger partial charge in [0.05, 0.1) is 12.6 Å². The molecule has 0 spiro atoms. The topological polar surface area (TPSA) is 29.5 Å². The fraction of sp³-hybridized carbons (Fsp3) is 0.625. The second kappa shape index (κ2) is 1.85. The van der Waals surface area contributed by atoms with Crippen molar-refractivity contribution in [1.82, 2.24) is 4.90 Å². The van der Waals surface area contributed by atoms with Crippen LogP contribution in [0, 0.1) is 0 Å². The molecule has 0 N–H and O–H groups in total. The Hall–Kier alpha value is -0.830. The first-order chi connectivity index (χ1) is 5.11. The highest BCUT2D eigenvalue weighted by Gasteiger charge is 2.44. The summed E-state index contributed by atoms with van der Waals surface area (Å²) in [5.41, 5.74) is -0.411. The number of hydrogen-bond donors (Lipinski definition) is 0. The molecule has 0 aromatic heterocycles. The van der Waals surface area contributed by atoms with Gasteiger partial charge in [0, 0.05) is 6.08 Å². The molecule has 2 rings (SSSR count). The van der Waals surface area contributed by atoms with Gasteiger partial charge in [0.1, 0.15) is 5.72 Å². The molecule has 3 heteroatoms. The maximum atomic E-state index is 11.2. The molecule has 2 aliphatic rings. The van der Waals surface area contributed by atoms with Gasteiger partial charge in [-0.1, -0.05) is 6.08 Å². The monoisotopic (exact) mass is 153 g/mol. The molecular formula is C8H11NO2. The Bertz CT molecular complexity index is 232. The van der Waals surface area contributed by atoms with Crippen LogP contribution >= 0.6 is 0 Å². The summed E-state index contributed by atoms with van der Waals surface area (Å²) in [5, 5.41) is 0. The first-order valence-corrected chi connectivity index (χ1v) is 3.77. The van der Waals surface area contributed by atoms with Gasteiger partial charge in [0.2, 0.25) is 5.91 Å². The van der Waals surface area contributed by atoms with Crippen LogP contribution < -0.4 is 0 Å². The lowest BCUT2D eigenvalue weighted by molar-refractivity contribution is -0.138. The van der Waals surface area contributed by atoms with Crippen molar-refractivity contribution < 1.29 is 9.53 Å². The molecule has 0 bridgehead atoms. The quantitative estimate of drug-likeness (QED) is 0.507. The molecule has 1 fully saturated rings. The minimum atomic E-state index is -0.411. The fourth-order valence-electron chi connectivity index (χ4n) is 1.68. The Morgan fingerprint density at radius 2 is 2.45 bits per heavy atom. The molecule has 0 saturated carbocycles. The zero-order chi connectivity index (χ0) is 8.06. The summed E-state index contributed by atoms with van der Waals surface area (Å²) in [6.07, 6.45) is 3.52. The third-order valence-electron chi connectivity index (χ3n) is 2.22. The van der Waals surface area contributed by atoms with Crippen molar-refractivity contribution in [3.63, 3.8) is 0 Å². The summed E-state index contributed by atoms with van der Waals surface area (Å²) in [5.74, 6) is 0.0671. The number of amides is 1. The summed E-state index contributed by atoms with van der Waals surface area (Å²) >= 11 is 0. The molecule has 1 saturated heterocycles. The predicted octanol–water partition coefficient (Wildman–Crippen LogP) is 0.520. The number of rotatable bonds is 0. The molecule has 2 heterocycles. The van der Waals surface area contributed by atoms with Crippen molar-refractivity contribution in [2.24, 2.45) is 0 Å². The van der Waals surface area contributed by atoms with Gasteiger partial charge in [0.15, 0.2) is 0 Å². The van der Waals surface area contributed by atoms with Crippen molar-refractivity contribution >= 4 is 5.91 Å². The number of ether oxygens (including phenoxy) is 1. The Morgan fingerprint density at radius 1 is 1.73 bits per heavy atom. The van der Waals surface area contributed by atoms with Gasteiger partial charge in [-0.25, -0.2) is 0 Å². The van der Waals surface area contributed by atoms with Gasteiger partial charge in [-0.05, 0) is 13.8 Å². The van der Waals surface area contributed by atoms with Crippen LogP contribution in [0.15, 0.2) is 12.2 Å². The Balaban J connectivity index is 2.32. The van der Waals surface area contributed by atoms with E-state index in [0.29, 0.717) is 6.61 Å². The molecule has 0 aliphatic carbocycles. The number of hydrogen-bond acceptors (Lipinski definition) is 2. The highest BCUT2D eigenvalue weighted by atomic mass is 16.5. The van der Waals surface area contributed by atoms with E-state index in [4.69, 9.17) is 4.74 Å². The van der Waals surface area contributed by atoms with Crippen LogP contribution in [-0.4, -0.2) is 29.2 Å². The second-order valence-electron chi connectivity index (χ2n) is 3.39. The van der Waals surface area contributed by atoms with E-state index in [0.717, 1.165) is 0 Å². The van der Waals surface area contributed by atoms with E-state index in [9.17, 15) is 4.79 Å². The zero-order valence-corrected chi connectivity index (χ0v) is 6.70. The third-order valence-corrected chi connectivity index (χ3v) is 2.22. The average Bonchev–Trinajstić information content (AvgIpc) is 2.38. The van der Waals surface area contributed by atoms with E-state index < -0.39 is 5.72 Å². The van der Waals surface area contributed by atoms with Crippen molar-refractivity contribution in [2.75, 3.05) is 6.61 Å². The van der Waals surface area contributed by atoms with E-state index in [1.807, 2.05) is 19.9 Å². The maximum Gasteiger partial charge on any atom is 0.249 e. The number of carbonyl (C=O) groups is 1. The smallest absolute Gasteiger partial charge is 0.249 e. The molecule has 1 atom stereocenters. The minimum absolute atomic E-state index is 0.0671. The SMILES string of the molecule is CC1(C)OC[C@H]2C=CC(=O)N21. The summed E-state index contributed by atoms with van der Waals surface area (Å²) < 4.78 is 5.43. The lowest BCUT2D eigenvalue weighted by atomic mass is 10.2. The Morgan fingerprint density at radius 3 is 3.09 bits per heavy atom. The summed E-state index contributed by atoms with van der Waals surface area (Å²) in [6.45, 7) is 4.46. The van der Waals surface area contributed by atoms with Crippen molar-refractivity contribution in [1.29, 1.82) is 0 Å². The average molecular weight is 153 g/mol. The van der Waals surface area contributed by atoms with Gasteiger partial charge in [-0.2, -0.15) is 0 Å². The number of fused-ring (bicyclic) bond motifs is 1. The van der Waals surface area contributed by atoms with Crippen LogP contribution in [0.5, 0.6) is 0 Å². The largest absolute Gasteiger partial charge is 0.354 e. The summed E-state index contributed by atoms with van der Waals surface area (Å²) in [6, 6.07) is 0.178.